The maximum absolute atomic E-state index is 6.01. The standard InChI is InChI=1S/C14H24N2S/c1-5-14(6-2,17-4)10-16-13-8-7-11(3)9-12(13)15/h7-9,16H,5-6,10,15H2,1-4H3. The minimum absolute atomic E-state index is 0.317. The van der Waals surface area contributed by atoms with Crippen LogP contribution in [0.15, 0.2) is 18.2 Å². The lowest BCUT2D eigenvalue weighted by Crippen LogP contribution is -2.32. The molecule has 3 N–H and O–H groups in total. The van der Waals surface area contributed by atoms with E-state index in [1.54, 1.807) is 0 Å². The number of nitrogen functional groups attached to an aromatic ring is 1. The first-order chi connectivity index (χ1) is 8.06. The van der Waals surface area contributed by atoms with E-state index in [2.05, 4.69) is 44.5 Å². The molecule has 0 aliphatic heterocycles. The van der Waals surface area contributed by atoms with Crippen molar-refractivity contribution in [3.8, 4) is 0 Å². The highest BCUT2D eigenvalue weighted by Gasteiger charge is 2.24. The normalized spacial score (nSPS) is 11.5. The number of hydrogen-bond acceptors (Lipinski definition) is 3. The van der Waals surface area contributed by atoms with Crippen molar-refractivity contribution in [3.05, 3.63) is 23.8 Å². The van der Waals surface area contributed by atoms with Crippen molar-refractivity contribution in [2.75, 3.05) is 23.9 Å². The zero-order valence-corrected chi connectivity index (χ0v) is 12.2. The molecule has 0 aromatic heterocycles. The number of nitrogens with one attached hydrogen (secondary N) is 1. The number of thioether (sulfide) groups is 1. The van der Waals surface area contributed by atoms with Crippen molar-refractivity contribution >= 4 is 23.1 Å². The molecule has 0 spiro atoms. The summed E-state index contributed by atoms with van der Waals surface area (Å²) >= 11 is 1.94. The number of rotatable bonds is 6. The van der Waals surface area contributed by atoms with Crippen LogP contribution in [0.25, 0.3) is 0 Å². The molecule has 3 heteroatoms. The first-order valence-corrected chi connectivity index (χ1v) is 7.44. The van der Waals surface area contributed by atoms with Crippen molar-refractivity contribution in [1.82, 2.24) is 0 Å². The van der Waals surface area contributed by atoms with Crippen LogP contribution in [-0.2, 0) is 0 Å². The Bertz CT molecular complexity index is 351. The van der Waals surface area contributed by atoms with Gasteiger partial charge < -0.3 is 11.1 Å². The van der Waals surface area contributed by atoms with Gasteiger partial charge in [-0.25, -0.2) is 0 Å². The Kier molecular flexibility index (Phi) is 5.19. The van der Waals surface area contributed by atoms with Crippen molar-refractivity contribution in [1.29, 1.82) is 0 Å². The molecule has 0 aliphatic carbocycles. The molecule has 0 bridgehead atoms. The van der Waals surface area contributed by atoms with Crippen LogP contribution in [0, 0.1) is 6.92 Å². The Labute approximate surface area is 109 Å². The van der Waals surface area contributed by atoms with E-state index in [0.717, 1.165) is 17.9 Å². The van der Waals surface area contributed by atoms with Gasteiger partial charge in [-0.05, 0) is 43.7 Å². The molecule has 1 rings (SSSR count). The number of anilines is 2. The van der Waals surface area contributed by atoms with Gasteiger partial charge in [0.2, 0.25) is 0 Å². The molecule has 0 radical (unpaired) electrons. The van der Waals surface area contributed by atoms with Gasteiger partial charge in [-0.3, -0.25) is 0 Å². The van der Waals surface area contributed by atoms with E-state index in [1.807, 2.05) is 17.8 Å². The fraction of sp³-hybridized carbons (Fsp3) is 0.571. The van der Waals surface area contributed by atoms with E-state index in [4.69, 9.17) is 5.73 Å². The average Bonchev–Trinajstić information content (AvgIpc) is 2.33. The molecule has 17 heavy (non-hydrogen) atoms. The smallest absolute Gasteiger partial charge is 0.0574 e. The molecule has 96 valence electrons. The summed E-state index contributed by atoms with van der Waals surface area (Å²) in [5.74, 6) is 0. The van der Waals surface area contributed by atoms with Gasteiger partial charge in [0.15, 0.2) is 0 Å². The third-order valence-corrected chi connectivity index (χ3v) is 5.12. The molecule has 0 saturated heterocycles. The van der Waals surface area contributed by atoms with Crippen LogP contribution in [-0.4, -0.2) is 17.5 Å². The Morgan fingerprint density at radius 3 is 2.41 bits per heavy atom. The minimum Gasteiger partial charge on any atom is -0.397 e. The van der Waals surface area contributed by atoms with Gasteiger partial charge in [0.25, 0.3) is 0 Å². The summed E-state index contributed by atoms with van der Waals surface area (Å²) in [5.41, 5.74) is 9.10. The molecule has 0 fully saturated rings. The first-order valence-electron chi connectivity index (χ1n) is 6.22. The zero-order valence-electron chi connectivity index (χ0n) is 11.3. The summed E-state index contributed by atoms with van der Waals surface area (Å²) in [6, 6.07) is 6.18. The Hall–Kier alpha value is -0.830. The summed E-state index contributed by atoms with van der Waals surface area (Å²) < 4.78 is 0.317. The minimum atomic E-state index is 0.317. The van der Waals surface area contributed by atoms with Crippen molar-refractivity contribution < 1.29 is 0 Å². The van der Waals surface area contributed by atoms with E-state index in [0.29, 0.717) is 4.75 Å². The van der Waals surface area contributed by atoms with Crippen LogP contribution in [0.2, 0.25) is 0 Å². The number of aryl methyl sites for hydroxylation is 1. The average molecular weight is 252 g/mol. The second kappa shape index (κ2) is 6.20. The van der Waals surface area contributed by atoms with Gasteiger partial charge in [0.05, 0.1) is 11.4 Å². The van der Waals surface area contributed by atoms with Crippen molar-refractivity contribution in [2.45, 2.75) is 38.4 Å². The first kappa shape index (κ1) is 14.2. The van der Waals surface area contributed by atoms with Gasteiger partial charge >= 0.3 is 0 Å². The fourth-order valence-corrected chi connectivity index (χ4v) is 2.75. The van der Waals surface area contributed by atoms with Gasteiger partial charge in [-0.1, -0.05) is 19.9 Å². The lowest BCUT2D eigenvalue weighted by atomic mass is 10.0. The molecule has 0 unspecified atom stereocenters. The summed E-state index contributed by atoms with van der Waals surface area (Å²) in [7, 11) is 0. The predicted octanol–water partition coefficient (Wildman–Crippen LogP) is 3.91. The van der Waals surface area contributed by atoms with Gasteiger partial charge in [0, 0.05) is 11.3 Å². The highest BCUT2D eigenvalue weighted by atomic mass is 32.2. The van der Waals surface area contributed by atoms with Crippen LogP contribution >= 0.6 is 11.8 Å². The van der Waals surface area contributed by atoms with Crippen molar-refractivity contribution in [3.63, 3.8) is 0 Å². The van der Waals surface area contributed by atoms with E-state index in [1.165, 1.54) is 18.4 Å². The van der Waals surface area contributed by atoms with E-state index in [-0.39, 0.29) is 0 Å². The van der Waals surface area contributed by atoms with Crippen molar-refractivity contribution in [2.24, 2.45) is 0 Å². The Balaban J connectivity index is 2.72. The summed E-state index contributed by atoms with van der Waals surface area (Å²) in [6.45, 7) is 7.53. The molecule has 2 nitrogen and oxygen atoms in total. The molecule has 1 aromatic rings. The lowest BCUT2D eigenvalue weighted by molar-refractivity contribution is 0.575. The van der Waals surface area contributed by atoms with Crippen LogP contribution in [0.1, 0.15) is 32.3 Å². The predicted molar refractivity (Wildman–Crippen MR) is 80.9 cm³/mol. The SMILES string of the molecule is CCC(CC)(CNc1ccc(C)cc1N)SC. The van der Waals surface area contributed by atoms with Crippen LogP contribution in [0.3, 0.4) is 0 Å². The van der Waals surface area contributed by atoms with E-state index >= 15 is 0 Å². The molecule has 0 saturated carbocycles. The van der Waals surface area contributed by atoms with Gasteiger partial charge in [0.1, 0.15) is 0 Å². The maximum atomic E-state index is 6.01. The number of nitrogens with two attached hydrogens (primary N) is 1. The van der Waals surface area contributed by atoms with Gasteiger partial charge in [-0.15, -0.1) is 0 Å². The topological polar surface area (TPSA) is 38.0 Å². The largest absolute Gasteiger partial charge is 0.397 e. The quantitative estimate of drug-likeness (QED) is 0.754. The fourth-order valence-electron chi connectivity index (χ4n) is 1.96. The second-order valence-electron chi connectivity index (χ2n) is 4.54. The summed E-state index contributed by atoms with van der Waals surface area (Å²) in [5, 5.41) is 3.49. The van der Waals surface area contributed by atoms with Crippen LogP contribution in [0.4, 0.5) is 11.4 Å². The highest BCUT2D eigenvalue weighted by molar-refractivity contribution is 8.00. The molecular formula is C14H24N2S. The molecule has 1 aromatic carbocycles. The molecule has 0 aliphatic rings. The lowest BCUT2D eigenvalue weighted by Gasteiger charge is -2.30. The summed E-state index contributed by atoms with van der Waals surface area (Å²) in [6.07, 6.45) is 4.53. The zero-order chi connectivity index (χ0) is 12.9. The second-order valence-corrected chi connectivity index (χ2v) is 5.81. The Morgan fingerprint density at radius 1 is 1.29 bits per heavy atom. The molecule has 0 amide bonds. The van der Waals surface area contributed by atoms with Crippen LogP contribution in [0.5, 0.6) is 0 Å². The highest BCUT2D eigenvalue weighted by Crippen LogP contribution is 2.31. The van der Waals surface area contributed by atoms with E-state index in [9.17, 15) is 0 Å². The third kappa shape index (κ3) is 3.56. The van der Waals surface area contributed by atoms with Gasteiger partial charge in [-0.2, -0.15) is 11.8 Å². The maximum Gasteiger partial charge on any atom is 0.0574 e. The molecular weight excluding hydrogens is 228 g/mol. The van der Waals surface area contributed by atoms with E-state index < -0.39 is 0 Å². The molecule has 0 atom stereocenters. The van der Waals surface area contributed by atoms with Crippen LogP contribution < -0.4 is 11.1 Å². The third-order valence-electron chi connectivity index (χ3n) is 3.53. The number of benzene rings is 1. The monoisotopic (exact) mass is 252 g/mol. The molecule has 0 heterocycles. The Morgan fingerprint density at radius 2 is 1.94 bits per heavy atom. The summed E-state index contributed by atoms with van der Waals surface area (Å²) in [4.78, 5) is 0. The number of hydrogen-bond donors (Lipinski definition) is 2.